The Morgan fingerprint density at radius 2 is 0.944 bits per heavy atom. The van der Waals surface area contributed by atoms with E-state index in [0.717, 1.165) is 57.8 Å². The van der Waals surface area contributed by atoms with E-state index in [1.165, 1.54) is 122 Å². The molecule has 0 fully saturated rings. The Labute approximate surface area is 334 Å². The first-order chi connectivity index (χ1) is 26.5. The Hall–Kier alpha value is -1.92. The molecule has 0 rings (SSSR count). The first kappa shape index (κ1) is 52.1. The number of hydrogen-bond donors (Lipinski definition) is 3. The van der Waals surface area contributed by atoms with Crippen molar-refractivity contribution in [1.82, 2.24) is 5.32 Å². The summed E-state index contributed by atoms with van der Waals surface area (Å²) in [6.45, 7) is 6.42. The topological polar surface area (TPSA) is 95.9 Å². The van der Waals surface area contributed by atoms with Gasteiger partial charge in [-0.05, 0) is 70.6 Å². The molecular formula is C48H89NO5. The molecule has 316 valence electrons. The molecule has 0 spiro atoms. The Kier molecular flexibility index (Phi) is 40.7. The molecule has 0 saturated carbocycles. The van der Waals surface area contributed by atoms with Crippen LogP contribution in [0.25, 0.3) is 0 Å². The van der Waals surface area contributed by atoms with Crippen LogP contribution in [0.15, 0.2) is 36.5 Å². The normalized spacial score (nSPS) is 13.6. The maximum absolute atomic E-state index is 13.1. The molecule has 3 unspecified atom stereocenters. The van der Waals surface area contributed by atoms with E-state index in [4.69, 9.17) is 4.74 Å². The fraction of sp³-hybridized carbons (Fsp3) is 0.833. The van der Waals surface area contributed by atoms with Crippen molar-refractivity contribution >= 4 is 11.9 Å². The Bertz CT molecular complexity index is 900. The van der Waals surface area contributed by atoms with Crippen LogP contribution in [0.5, 0.6) is 0 Å². The Morgan fingerprint density at radius 1 is 0.537 bits per heavy atom. The first-order valence-corrected chi connectivity index (χ1v) is 23.2. The summed E-state index contributed by atoms with van der Waals surface area (Å²) < 4.78 is 5.86. The quantitative estimate of drug-likeness (QED) is 0.0328. The van der Waals surface area contributed by atoms with E-state index in [0.29, 0.717) is 25.7 Å². The van der Waals surface area contributed by atoms with Crippen molar-refractivity contribution in [3.05, 3.63) is 36.5 Å². The van der Waals surface area contributed by atoms with Crippen molar-refractivity contribution in [3.63, 3.8) is 0 Å². The van der Waals surface area contributed by atoms with Crippen LogP contribution in [0.2, 0.25) is 0 Å². The maximum Gasteiger partial charge on any atom is 0.306 e. The van der Waals surface area contributed by atoms with Gasteiger partial charge in [-0.25, -0.2) is 0 Å². The van der Waals surface area contributed by atoms with Crippen LogP contribution in [0, 0.1) is 0 Å². The summed E-state index contributed by atoms with van der Waals surface area (Å²) in [4.78, 5) is 25.9. The van der Waals surface area contributed by atoms with Crippen molar-refractivity contribution in [2.75, 3.05) is 6.61 Å². The van der Waals surface area contributed by atoms with Gasteiger partial charge >= 0.3 is 5.97 Å². The summed E-state index contributed by atoms with van der Waals surface area (Å²) in [5, 5.41) is 23.6. The molecule has 54 heavy (non-hydrogen) atoms. The van der Waals surface area contributed by atoms with E-state index in [1.807, 2.05) is 6.08 Å². The molecule has 0 saturated heterocycles. The number of allylic oxidation sites excluding steroid dienone is 6. The summed E-state index contributed by atoms with van der Waals surface area (Å²) in [6, 6.07) is -0.710. The number of amides is 1. The minimum Gasteiger partial charge on any atom is -0.462 e. The minimum atomic E-state index is -0.794. The molecule has 1 amide bonds. The summed E-state index contributed by atoms with van der Waals surface area (Å²) in [6.07, 6.45) is 47.8. The van der Waals surface area contributed by atoms with Gasteiger partial charge < -0.3 is 20.3 Å². The van der Waals surface area contributed by atoms with Crippen LogP contribution in [-0.4, -0.2) is 46.9 Å². The number of aliphatic hydroxyl groups is 2. The molecule has 0 aromatic heterocycles. The summed E-state index contributed by atoms with van der Waals surface area (Å²) >= 11 is 0. The van der Waals surface area contributed by atoms with E-state index in [2.05, 4.69) is 56.5 Å². The zero-order valence-electron chi connectivity index (χ0n) is 35.9. The molecule has 6 heteroatoms. The number of hydrogen-bond acceptors (Lipinski definition) is 5. The zero-order chi connectivity index (χ0) is 39.6. The third kappa shape index (κ3) is 37.0. The Balaban J connectivity index is 4.69. The first-order valence-electron chi connectivity index (χ1n) is 23.2. The number of unbranched alkanes of at least 4 members (excludes halogenated alkanes) is 23. The predicted molar refractivity (Wildman–Crippen MR) is 232 cm³/mol. The van der Waals surface area contributed by atoms with E-state index in [-0.39, 0.29) is 24.9 Å². The number of rotatable bonds is 41. The van der Waals surface area contributed by atoms with Crippen LogP contribution < -0.4 is 5.32 Å². The molecule has 0 aliphatic rings. The largest absolute Gasteiger partial charge is 0.462 e. The molecular weight excluding hydrogens is 671 g/mol. The van der Waals surface area contributed by atoms with Crippen molar-refractivity contribution in [3.8, 4) is 0 Å². The lowest BCUT2D eigenvalue weighted by Gasteiger charge is -2.24. The van der Waals surface area contributed by atoms with E-state index in [1.54, 1.807) is 0 Å². The number of aliphatic hydroxyl groups excluding tert-OH is 2. The fourth-order valence-electron chi connectivity index (χ4n) is 6.89. The van der Waals surface area contributed by atoms with E-state index in [9.17, 15) is 19.8 Å². The second-order valence-corrected chi connectivity index (χ2v) is 15.8. The highest BCUT2D eigenvalue weighted by molar-refractivity contribution is 5.77. The lowest BCUT2D eigenvalue weighted by molar-refractivity contribution is -0.150. The van der Waals surface area contributed by atoms with E-state index < -0.39 is 18.2 Å². The second-order valence-electron chi connectivity index (χ2n) is 15.8. The van der Waals surface area contributed by atoms with Gasteiger partial charge in [0.25, 0.3) is 0 Å². The highest BCUT2D eigenvalue weighted by atomic mass is 16.5. The highest BCUT2D eigenvalue weighted by Crippen LogP contribution is 2.17. The molecule has 6 nitrogen and oxygen atoms in total. The third-order valence-electron chi connectivity index (χ3n) is 10.5. The molecule has 0 aromatic rings. The smallest absolute Gasteiger partial charge is 0.306 e. The van der Waals surface area contributed by atoms with Crippen LogP contribution in [-0.2, 0) is 14.3 Å². The van der Waals surface area contributed by atoms with Gasteiger partial charge in [0.05, 0.1) is 25.2 Å². The number of carbonyl (C=O) groups excluding carboxylic acids is 2. The maximum atomic E-state index is 13.1. The zero-order valence-corrected chi connectivity index (χ0v) is 35.9. The van der Waals surface area contributed by atoms with Gasteiger partial charge in [-0.2, -0.15) is 0 Å². The van der Waals surface area contributed by atoms with Gasteiger partial charge in [0, 0.05) is 6.42 Å². The summed E-state index contributed by atoms with van der Waals surface area (Å²) in [5.74, 6) is -0.561. The average Bonchev–Trinajstić information content (AvgIpc) is 3.16. The molecule has 0 bridgehead atoms. The minimum absolute atomic E-state index is 0.0509. The molecule has 0 aliphatic heterocycles. The van der Waals surface area contributed by atoms with E-state index >= 15 is 0 Å². The van der Waals surface area contributed by atoms with Crippen LogP contribution >= 0.6 is 0 Å². The standard InChI is InChI=1S/C48H89NO5/c1-4-7-10-13-16-19-21-23-25-28-30-33-36-39-44(54-48(53)41-38-35-32-29-26-24-22-20-17-14-11-8-5-2)42-47(52)49-45(43-50)46(51)40-37-34-31-27-18-15-12-9-6-3/h19,21,24,26,32,35,44-46,50-51H,4-18,20,22-23,25,27-31,33-34,36-43H2,1-3H3,(H,49,52)/b21-19-,26-24-,35-32+. The van der Waals surface area contributed by atoms with Gasteiger partial charge in [0.2, 0.25) is 5.91 Å². The van der Waals surface area contributed by atoms with Crippen LogP contribution in [0.1, 0.15) is 233 Å². The lowest BCUT2D eigenvalue weighted by Crippen LogP contribution is -2.46. The second kappa shape index (κ2) is 42.2. The van der Waals surface area contributed by atoms with Crippen molar-refractivity contribution in [1.29, 1.82) is 0 Å². The van der Waals surface area contributed by atoms with Gasteiger partial charge in [-0.1, -0.05) is 186 Å². The molecule has 0 aromatic carbocycles. The molecule has 0 aliphatic carbocycles. The molecule has 3 atom stereocenters. The van der Waals surface area contributed by atoms with Crippen LogP contribution in [0.3, 0.4) is 0 Å². The summed E-state index contributed by atoms with van der Waals surface area (Å²) in [5.41, 5.74) is 0. The number of carbonyl (C=O) groups is 2. The molecule has 0 heterocycles. The van der Waals surface area contributed by atoms with Gasteiger partial charge in [0.15, 0.2) is 0 Å². The number of esters is 1. The number of ether oxygens (including phenoxy) is 1. The summed E-state index contributed by atoms with van der Waals surface area (Å²) in [7, 11) is 0. The van der Waals surface area contributed by atoms with Gasteiger partial charge in [-0.15, -0.1) is 0 Å². The molecule has 3 N–H and O–H groups in total. The van der Waals surface area contributed by atoms with Gasteiger partial charge in [0.1, 0.15) is 6.10 Å². The van der Waals surface area contributed by atoms with Gasteiger partial charge in [-0.3, -0.25) is 9.59 Å². The van der Waals surface area contributed by atoms with Crippen molar-refractivity contribution in [2.24, 2.45) is 0 Å². The highest BCUT2D eigenvalue weighted by Gasteiger charge is 2.24. The predicted octanol–water partition coefficient (Wildman–Crippen LogP) is 13.3. The monoisotopic (exact) mass is 760 g/mol. The third-order valence-corrected chi connectivity index (χ3v) is 10.5. The molecule has 0 radical (unpaired) electrons. The van der Waals surface area contributed by atoms with Crippen molar-refractivity contribution in [2.45, 2.75) is 251 Å². The lowest BCUT2D eigenvalue weighted by atomic mass is 10.0. The average molecular weight is 760 g/mol. The Morgan fingerprint density at radius 3 is 1.44 bits per heavy atom. The number of nitrogens with one attached hydrogen (secondary N) is 1. The van der Waals surface area contributed by atoms with Crippen LogP contribution in [0.4, 0.5) is 0 Å². The fourth-order valence-corrected chi connectivity index (χ4v) is 6.89. The van der Waals surface area contributed by atoms with Crippen molar-refractivity contribution < 1.29 is 24.5 Å². The SMILES string of the molecule is CCCCCC/C=C\CCCCCCCC(CC(=O)NC(CO)C(O)CCCCCCCCCCC)OC(=O)CC/C=C/C/C=C\CCCCCCCC.